The first-order chi connectivity index (χ1) is 14.0. The quantitative estimate of drug-likeness (QED) is 0.468. The fourth-order valence-electron chi connectivity index (χ4n) is 3.03. The molecule has 2 aromatic heterocycles. The van der Waals surface area contributed by atoms with E-state index in [0.717, 1.165) is 21.6 Å². The van der Waals surface area contributed by atoms with Crippen LogP contribution in [0, 0.1) is 6.92 Å². The maximum Gasteiger partial charge on any atom is 0.265 e. The summed E-state index contributed by atoms with van der Waals surface area (Å²) in [6.07, 6.45) is 0. The molecule has 0 atom stereocenters. The van der Waals surface area contributed by atoms with E-state index in [1.54, 1.807) is 32.4 Å². The minimum Gasteiger partial charge on any atom is -0.497 e. The molecule has 8 heteroatoms. The van der Waals surface area contributed by atoms with E-state index >= 15 is 0 Å². The predicted octanol–water partition coefficient (Wildman–Crippen LogP) is 5.32. The van der Waals surface area contributed by atoms with Gasteiger partial charge in [-0.25, -0.2) is 4.68 Å². The van der Waals surface area contributed by atoms with E-state index < -0.39 is 0 Å². The highest BCUT2D eigenvalue weighted by molar-refractivity contribution is 7.20. The smallest absolute Gasteiger partial charge is 0.265 e. The second kappa shape index (κ2) is 7.77. The summed E-state index contributed by atoms with van der Waals surface area (Å²) in [5.41, 5.74) is 2.27. The van der Waals surface area contributed by atoms with Crippen LogP contribution in [0.4, 0.5) is 5.69 Å². The van der Waals surface area contributed by atoms with Crippen LogP contribution in [0.3, 0.4) is 0 Å². The lowest BCUT2D eigenvalue weighted by atomic mass is 10.2. The first-order valence-corrected chi connectivity index (χ1v) is 9.98. The van der Waals surface area contributed by atoms with Crippen LogP contribution in [0.2, 0.25) is 5.02 Å². The lowest BCUT2D eigenvalue weighted by Gasteiger charge is -2.11. The highest BCUT2D eigenvalue weighted by atomic mass is 35.5. The van der Waals surface area contributed by atoms with E-state index in [9.17, 15) is 4.79 Å². The van der Waals surface area contributed by atoms with Gasteiger partial charge in [0, 0.05) is 16.5 Å². The molecule has 6 nitrogen and oxygen atoms in total. The van der Waals surface area contributed by atoms with Crippen molar-refractivity contribution in [2.75, 3.05) is 19.5 Å². The van der Waals surface area contributed by atoms with Crippen LogP contribution in [0.15, 0.2) is 48.5 Å². The Kier molecular flexibility index (Phi) is 5.17. The molecule has 1 amide bonds. The molecule has 0 bridgehead atoms. The first-order valence-electron chi connectivity index (χ1n) is 8.78. The minimum atomic E-state index is -0.216. The molecule has 0 aliphatic rings. The lowest BCUT2D eigenvalue weighted by Crippen LogP contribution is -2.11. The van der Waals surface area contributed by atoms with E-state index in [2.05, 4.69) is 10.4 Å². The van der Waals surface area contributed by atoms with Gasteiger partial charge in [-0.1, -0.05) is 17.7 Å². The van der Waals surface area contributed by atoms with Gasteiger partial charge in [-0.3, -0.25) is 4.79 Å². The maximum absolute atomic E-state index is 12.9. The Morgan fingerprint density at radius 3 is 2.69 bits per heavy atom. The van der Waals surface area contributed by atoms with Gasteiger partial charge >= 0.3 is 0 Å². The van der Waals surface area contributed by atoms with E-state index in [4.69, 9.17) is 21.1 Å². The Morgan fingerprint density at radius 2 is 1.97 bits per heavy atom. The van der Waals surface area contributed by atoms with Crippen molar-refractivity contribution in [1.82, 2.24) is 9.78 Å². The summed E-state index contributed by atoms with van der Waals surface area (Å²) in [7, 11) is 3.13. The zero-order valence-corrected chi connectivity index (χ0v) is 17.6. The third-order valence-electron chi connectivity index (χ3n) is 4.48. The largest absolute Gasteiger partial charge is 0.497 e. The van der Waals surface area contributed by atoms with Gasteiger partial charge in [-0.15, -0.1) is 11.3 Å². The number of methoxy groups -OCH3 is 2. The number of hydrogen-bond acceptors (Lipinski definition) is 5. The van der Waals surface area contributed by atoms with Gasteiger partial charge in [0.2, 0.25) is 0 Å². The van der Waals surface area contributed by atoms with Crippen molar-refractivity contribution < 1.29 is 14.3 Å². The molecule has 2 aromatic carbocycles. The van der Waals surface area contributed by atoms with E-state index in [1.165, 1.54) is 11.3 Å². The van der Waals surface area contributed by atoms with Gasteiger partial charge in [0.05, 0.1) is 36.2 Å². The standard InChI is InChI=1S/C21H18ClN3O3S/c1-12-16-11-19(20(26)23-17-8-7-15(27-2)10-18(17)28-3)29-21(16)25(24-12)14-6-4-5-13(22)9-14/h4-11H,1-3H3,(H,23,26). The molecule has 0 radical (unpaired) electrons. The zero-order valence-electron chi connectivity index (χ0n) is 16.0. The number of aromatic nitrogens is 2. The molecule has 2 heterocycles. The number of nitrogens with one attached hydrogen (secondary N) is 1. The number of carbonyl (C=O) groups is 1. The highest BCUT2D eigenvalue weighted by Crippen LogP contribution is 2.33. The molecular formula is C21H18ClN3O3S. The molecule has 1 N–H and O–H groups in total. The molecule has 0 saturated heterocycles. The monoisotopic (exact) mass is 427 g/mol. The number of carbonyl (C=O) groups excluding carboxylic acids is 1. The van der Waals surface area contributed by atoms with Crippen LogP contribution in [-0.4, -0.2) is 29.9 Å². The predicted molar refractivity (Wildman–Crippen MR) is 116 cm³/mol. The molecule has 0 fully saturated rings. The summed E-state index contributed by atoms with van der Waals surface area (Å²) >= 11 is 7.50. The van der Waals surface area contributed by atoms with Crippen LogP contribution >= 0.6 is 22.9 Å². The van der Waals surface area contributed by atoms with Crippen molar-refractivity contribution in [2.45, 2.75) is 6.92 Å². The summed E-state index contributed by atoms with van der Waals surface area (Å²) in [5, 5.41) is 9.06. The number of hydrogen-bond donors (Lipinski definition) is 1. The van der Waals surface area contributed by atoms with Crippen molar-refractivity contribution in [3.8, 4) is 17.2 Å². The average Bonchev–Trinajstić information content (AvgIpc) is 3.29. The molecule has 4 rings (SSSR count). The topological polar surface area (TPSA) is 65.4 Å². The lowest BCUT2D eigenvalue weighted by molar-refractivity contribution is 0.103. The number of amides is 1. The van der Waals surface area contributed by atoms with Crippen LogP contribution in [0.5, 0.6) is 11.5 Å². The molecule has 4 aromatic rings. The third-order valence-corrected chi connectivity index (χ3v) is 5.82. The molecule has 29 heavy (non-hydrogen) atoms. The molecule has 0 aliphatic carbocycles. The van der Waals surface area contributed by atoms with Crippen LogP contribution in [-0.2, 0) is 0 Å². The number of anilines is 1. The normalized spacial score (nSPS) is 10.9. The Bertz CT molecular complexity index is 1220. The van der Waals surface area contributed by atoms with Crippen molar-refractivity contribution in [2.24, 2.45) is 0 Å². The number of halogens is 1. The summed E-state index contributed by atoms with van der Waals surface area (Å²) in [6, 6.07) is 14.6. The van der Waals surface area contributed by atoms with Gasteiger partial charge in [0.15, 0.2) is 0 Å². The number of aryl methyl sites for hydroxylation is 1. The third kappa shape index (κ3) is 3.66. The molecule has 0 unspecified atom stereocenters. The fourth-order valence-corrected chi connectivity index (χ4v) is 4.29. The van der Waals surface area contributed by atoms with Crippen LogP contribution in [0.1, 0.15) is 15.4 Å². The average molecular weight is 428 g/mol. The zero-order chi connectivity index (χ0) is 20.5. The molecule has 0 saturated carbocycles. The number of benzene rings is 2. The summed E-state index contributed by atoms with van der Waals surface area (Å²) in [4.78, 5) is 14.3. The highest BCUT2D eigenvalue weighted by Gasteiger charge is 2.18. The Morgan fingerprint density at radius 1 is 1.14 bits per heavy atom. The van der Waals surface area contributed by atoms with Crippen LogP contribution in [0.25, 0.3) is 15.9 Å². The fraction of sp³-hybridized carbons (Fsp3) is 0.143. The molecule has 0 aliphatic heterocycles. The Labute approximate surface area is 176 Å². The van der Waals surface area contributed by atoms with Gasteiger partial charge < -0.3 is 14.8 Å². The SMILES string of the molecule is COc1ccc(NC(=O)c2cc3c(C)nn(-c4cccc(Cl)c4)c3s2)c(OC)c1. The van der Waals surface area contributed by atoms with Gasteiger partial charge in [0.1, 0.15) is 16.3 Å². The second-order valence-electron chi connectivity index (χ2n) is 6.33. The Hall–Kier alpha value is -3.03. The van der Waals surface area contributed by atoms with Crippen molar-refractivity contribution in [1.29, 1.82) is 0 Å². The van der Waals surface area contributed by atoms with Crippen LogP contribution < -0.4 is 14.8 Å². The molecule has 0 spiro atoms. The Balaban J connectivity index is 1.68. The summed E-state index contributed by atoms with van der Waals surface area (Å²) < 4.78 is 12.4. The van der Waals surface area contributed by atoms with Gasteiger partial charge in [-0.05, 0) is 43.3 Å². The van der Waals surface area contributed by atoms with E-state index in [-0.39, 0.29) is 5.91 Å². The molecule has 148 valence electrons. The van der Waals surface area contributed by atoms with Crippen molar-refractivity contribution in [3.05, 3.63) is 64.1 Å². The van der Waals surface area contributed by atoms with Gasteiger partial charge in [-0.2, -0.15) is 5.10 Å². The van der Waals surface area contributed by atoms with E-state index in [1.807, 2.05) is 41.9 Å². The number of ether oxygens (including phenoxy) is 2. The first kappa shape index (κ1) is 19.3. The van der Waals surface area contributed by atoms with Crippen molar-refractivity contribution >= 4 is 44.7 Å². The summed E-state index contributed by atoms with van der Waals surface area (Å²) in [5.74, 6) is 0.964. The van der Waals surface area contributed by atoms with Crippen molar-refractivity contribution in [3.63, 3.8) is 0 Å². The minimum absolute atomic E-state index is 0.216. The number of fused-ring (bicyclic) bond motifs is 1. The van der Waals surface area contributed by atoms with E-state index in [0.29, 0.717) is 27.1 Å². The number of nitrogens with zero attached hydrogens (tertiary/aromatic N) is 2. The van der Waals surface area contributed by atoms with Gasteiger partial charge in [0.25, 0.3) is 5.91 Å². The second-order valence-corrected chi connectivity index (χ2v) is 7.79. The molecular weight excluding hydrogens is 410 g/mol. The summed E-state index contributed by atoms with van der Waals surface area (Å²) in [6.45, 7) is 1.92. The number of thiophene rings is 1. The number of rotatable bonds is 5. The maximum atomic E-state index is 12.9.